The van der Waals surface area contributed by atoms with E-state index < -0.39 is 0 Å². The first-order valence-corrected chi connectivity index (χ1v) is 9.62. The molecular weight excluding hydrogens is 404 g/mol. The summed E-state index contributed by atoms with van der Waals surface area (Å²) in [5.41, 5.74) is 3.98. The number of imidazole rings is 1. The highest BCUT2D eigenvalue weighted by Crippen LogP contribution is 2.40. The molecule has 0 bridgehead atoms. The molecule has 0 aliphatic rings. The summed E-state index contributed by atoms with van der Waals surface area (Å²) in [5, 5.41) is 0. The third kappa shape index (κ3) is 3.83. The van der Waals surface area contributed by atoms with Crippen molar-refractivity contribution in [1.82, 2.24) is 9.97 Å². The van der Waals surface area contributed by atoms with Gasteiger partial charge in [-0.25, -0.2) is 4.98 Å². The standard InChI is InChI=1S/C22H19BrN2O2/c1-2-26-20-13-16(22-24-18-10-6-7-11-19(18)25-22)12-17(23)21(20)27-14-15-8-4-3-5-9-15/h3-13H,2,14H2,1H3,(H,24,25). The summed E-state index contributed by atoms with van der Waals surface area (Å²) in [7, 11) is 0. The lowest BCUT2D eigenvalue weighted by molar-refractivity contribution is 0.268. The van der Waals surface area contributed by atoms with E-state index in [-0.39, 0.29) is 0 Å². The van der Waals surface area contributed by atoms with Gasteiger partial charge in [0.2, 0.25) is 0 Å². The summed E-state index contributed by atoms with van der Waals surface area (Å²) < 4.78 is 12.7. The topological polar surface area (TPSA) is 47.1 Å². The number of nitrogens with zero attached hydrogens (tertiary/aromatic N) is 1. The molecule has 0 fully saturated rings. The van der Waals surface area contributed by atoms with Crippen LogP contribution in [0.1, 0.15) is 12.5 Å². The number of hydrogen-bond donors (Lipinski definition) is 1. The van der Waals surface area contributed by atoms with E-state index in [9.17, 15) is 0 Å². The number of ether oxygens (including phenoxy) is 2. The number of nitrogens with one attached hydrogen (secondary N) is 1. The largest absolute Gasteiger partial charge is 0.490 e. The van der Waals surface area contributed by atoms with Gasteiger partial charge in [0.1, 0.15) is 12.4 Å². The second-order valence-corrected chi connectivity index (χ2v) is 6.95. The van der Waals surface area contributed by atoms with Crippen molar-refractivity contribution >= 4 is 27.0 Å². The number of benzene rings is 3. The highest BCUT2D eigenvalue weighted by atomic mass is 79.9. The van der Waals surface area contributed by atoms with Crippen molar-refractivity contribution in [2.75, 3.05) is 6.61 Å². The minimum Gasteiger partial charge on any atom is -0.490 e. The number of aromatic nitrogens is 2. The molecule has 0 spiro atoms. The minimum absolute atomic E-state index is 0.476. The fraction of sp³-hybridized carbons (Fsp3) is 0.136. The third-order valence-electron chi connectivity index (χ3n) is 4.20. The molecule has 0 saturated carbocycles. The lowest BCUT2D eigenvalue weighted by Gasteiger charge is -2.15. The Morgan fingerprint density at radius 1 is 0.963 bits per heavy atom. The van der Waals surface area contributed by atoms with E-state index in [2.05, 4.69) is 25.9 Å². The third-order valence-corrected chi connectivity index (χ3v) is 4.79. The van der Waals surface area contributed by atoms with Gasteiger partial charge in [-0.3, -0.25) is 0 Å². The molecule has 3 aromatic carbocycles. The molecule has 4 nitrogen and oxygen atoms in total. The number of halogens is 1. The average Bonchev–Trinajstić information content (AvgIpc) is 3.12. The Hall–Kier alpha value is -2.79. The first-order chi connectivity index (χ1) is 13.2. The van der Waals surface area contributed by atoms with Gasteiger partial charge in [-0.05, 0) is 52.7 Å². The van der Waals surface area contributed by atoms with Gasteiger partial charge in [-0.2, -0.15) is 0 Å². The van der Waals surface area contributed by atoms with Crippen molar-refractivity contribution in [3.63, 3.8) is 0 Å². The molecule has 0 aliphatic heterocycles. The van der Waals surface area contributed by atoms with Crippen molar-refractivity contribution < 1.29 is 9.47 Å². The summed E-state index contributed by atoms with van der Waals surface area (Å²) in [6.07, 6.45) is 0. The number of H-pyrrole nitrogens is 1. The van der Waals surface area contributed by atoms with Crippen molar-refractivity contribution in [1.29, 1.82) is 0 Å². The molecule has 1 heterocycles. The molecule has 4 rings (SSSR count). The molecule has 1 aromatic heterocycles. The van der Waals surface area contributed by atoms with Gasteiger partial charge in [0.25, 0.3) is 0 Å². The fourth-order valence-electron chi connectivity index (χ4n) is 2.93. The monoisotopic (exact) mass is 422 g/mol. The molecule has 5 heteroatoms. The zero-order chi connectivity index (χ0) is 18.6. The molecule has 27 heavy (non-hydrogen) atoms. The molecule has 4 aromatic rings. The lowest BCUT2D eigenvalue weighted by atomic mass is 10.2. The van der Waals surface area contributed by atoms with Crippen LogP contribution in [0.3, 0.4) is 0 Å². The number of rotatable bonds is 6. The first-order valence-electron chi connectivity index (χ1n) is 8.83. The maximum atomic E-state index is 6.05. The molecule has 0 unspecified atom stereocenters. The van der Waals surface area contributed by atoms with Gasteiger partial charge in [-0.1, -0.05) is 42.5 Å². The van der Waals surface area contributed by atoms with E-state index in [1.807, 2.05) is 73.7 Å². The number of hydrogen-bond acceptors (Lipinski definition) is 3. The average molecular weight is 423 g/mol. The van der Waals surface area contributed by atoms with Gasteiger partial charge in [0.05, 0.1) is 22.1 Å². The van der Waals surface area contributed by atoms with Gasteiger partial charge in [0, 0.05) is 5.56 Å². The van der Waals surface area contributed by atoms with E-state index in [4.69, 9.17) is 9.47 Å². The Kier molecular flexibility index (Phi) is 5.12. The van der Waals surface area contributed by atoms with Gasteiger partial charge >= 0.3 is 0 Å². The Labute approximate surface area is 166 Å². The highest BCUT2D eigenvalue weighted by molar-refractivity contribution is 9.10. The smallest absolute Gasteiger partial charge is 0.175 e. The van der Waals surface area contributed by atoms with E-state index in [0.29, 0.717) is 24.7 Å². The van der Waals surface area contributed by atoms with Crippen LogP contribution in [0.5, 0.6) is 11.5 Å². The van der Waals surface area contributed by atoms with Crippen molar-refractivity contribution in [2.24, 2.45) is 0 Å². The van der Waals surface area contributed by atoms with Crippen molar-refractivity contribution in [2.45, 2.75) is 13.5 Å². The fourth-order valence-corrected chi connectivity index (χ4v) is 3.48. The van der Waals surface area contributed by atoms with Crippen LogP contribution in [-0.2, 0) is 6.61 Å². The summed E-state index contributed by atoms with van der Waals surface area (Å²) in [6.45, 7) is 2.99. The summed E-state index contributed by atoms with van der Waals surface area (Å²) in [5.74, 6) is 2.19. The van der Waals surface area contributed by atoms with Crippen LogP contribution in [-0.4, -0.2) is 16.6 Å². The zero-order valence-corrected chi connectivity index (χ0v) is 16.5. The Morgan fingerprint density at radius 2 is 1.74 bits per heavy atom. The van der Waals surface area contributed by atoms with E-state index in [0.717, 1.165) is 32.5 Å². The van der Waals surface area contributed by atoms with Crippen LogP contribution in [0.15, 0.2) is 71.2 Å². The highest BCUT2D eigenvalue weighted by Gasteiger charge is 2.15. The van der Waals surface area contributed by atoms with Crippen LogP contribution in [0.25, 0.3) is 22.4 Å². The van der Waals surface area contributed by atoms with Crippen LogP contribution >= 0.6 is 15.9 Å². The Bertz CT molecular complexity index is 1030. The maximum absolute atomic E-state index is 6.05. The quantitative estimate of drug-likeness (QED) is 0.416. The molecule has 1 N–H and O–H groups in total. The number of fused-ring (bicyclic) bond motifs is 1. The minimum atomic E-state index is 0.476. The molecule has 0 radical (unpaired) electrons. The van der Waals surface area contributed by atoms with Gasteiger partial charge in [0.15, 0.2) is 11.5 Å². The van der Waals surface area contributed by atoms with Crippen LogP contribution in [0.4, 0.5) is 0 Å². The summed E-state index contributed by atoms with van der Waals surface area (Å²) >= 11 is 3.64. The first kappa shape index (κ1) is 17.6. The van der Waals surface area contributed by atoms with Crippen LogP contribution in [0, 0.1) is 0 Å². The number of para-hydroxylation sites is 2. The SMILES string of the molecule is CCOc1cc(-c2nc3ccccc3[nH]2)cc(Br)c1OCc1ccccc1. The molecule has 0 atom stereocenters. The molecule has 136 valence electrons. The lowest BCUT2D eigenvalue weighted by Crippen LogP contribution is -2.01. The Balaban J connectivity index is 1.68. The predicted molar refractivity (Wildman–Crippen MR) is 111 cm³/mol. The second kappa shape index (κ2) is 7.84. The van der Waals surface area contributed by atoms with Crippen molar-refractivity contribution in [3.05, 3.63) is 76.8 Å². The van der Waals surface area contributed by atoms with Crippen LogP contribution in [0.2, 0.25) is 0 Å². The summed E-state index contributed by atoms with van der Waals surface area (Å²) in [6, 6.07) is 22.0. The van der Waals surface area contributed by atoms with E-state index in [1.165, 1.54) is 0 Å². The second-order valence-electron chi connectivity index (χ2n) is 6.10. The molecule has 0 saturated heterocycles. The molecular formula is C22H19BrN2O2. The van der Waals surface area contributed by atoms with Gasteiger partial charge < -0.3 is 14.5 Å². The normalized spacial score (nSPS) is 10.9. The van der Waals surface area contributed by atoms with E-state index >= 15 is 0 Å². The summed E-state index contributed by atoms with van der Waals surface area (Å²) in [4.78, 5) is 8.03. The van der Waals surface area contributed by atoms with Crippen molar-refractivity contribution in [3.8, 4) is 22.9 Å². The number of aromatic amines is 1. The Morgan fingerprint density at radius 3 is 2.52 bits per heavy atom. The molecule has 0 aliphatic carbocycles. The predicted octanol–water partition coefficient (Wildman–Crippen LogP) is 5.97. The van der Waals surface area contributed by atoms with Crippen LogP contribution < -0.4 is 9.47 Å². The molecule has 0 amide bonds. The zero-order valence-electron chi connectivity index (χ0n) is 14.9. The maximum Gasteiger partial charge on any atom is 0.175 e. The van der Waals surface area contributed by atoms with E-state index in [1.54, 1.807) is 0 Å². The van der Waals surface area contributed by atoms with Gasteiger partial charge in [-0.15, -0.1) is 0 Å².